The molecule has 0 heterocycles. The maximum atomic E-state index is 12.7. The fourth-order valence-corrected chi connectivity index (χ4v) is 6.88. The van der Waals surface area contributed by atoms with Crippen molar-refractivity contribution in [2.75, 3.05) is 47.5 Å². The van der Waals surface area contributed by atoms with Crippen LogP contribution in [0.15, 0.2) is 24.3 Å². The minimum absolute atomic E-state index is 0.0312. The number of hydrogen-bond donors (Lipinski definition) is 0. The van der Waals surface area contributed by atoms with Crippen molar-refractivity contribution in [1.29, 1.82) is 0 Å². The van der Waals surface area contributed by atoms with Crippen LogP contribution < -0.4 is 4.89 Å². The number of quaternary nitrogens is 1. The van der Waals surface area contributed by atoms with Crippen molar-refractivity contribution >= 4 is 19.8 Å². The van der Waals surface area contributed by atoms with Crippen LogP contribution in [-0.2, 0) is 32.7 Å². The van der Waals surface area contributed by atoms with Crippen LogP contribution in [-0.4, -0.2) is 70.0 Å². The number of carbonyl (C=O) groups is 2. The summed E-state index contributed by atoms with van der Waals surface area (Å²) in [6.45, 7) is 4.20. The van der Waals surface area contributed by atoms with Crippen LogP contribution in [0.2, 0.25) is 0 Å². The molecule has 0 aliphatic heterocycles. The molecule has 0 aromatic rings. The van der Waals surface area contributed by atoms with Gasteiger partial charge in [-0.1, -0.05) is 167 Å². The third kappa shape index (κ3) is 41.9. The SMILES string of the molecule is CCCCC/C=C/C/C=C/CCCCCCCC(=O)OC[C@H](COP(=O)([O-])OCC[N+](C)(C)C)OC(=O)CCCCCCCCCCCCCCCCCC. The molecule has 2 atom stereocenters. The molecule has 0 saturated carbocycles. The molecular formula is C45H86NO8P. The normalized spacial score (nSPS) is 13.8. The summed E-state index contributed by atoms with van der Waals surface area (Å²) in [6, 6.07) is 0. The number of carbonyl (C=O) groups excluding carboxylic acids is 2. The van der Waals surface area contributed by atoms with E-state index in [4.69, 9.17) is 18.5 Å². The average Bonchev–Trinajstić information content (AvgIpc) is 3.13. The molecule has 1 unspecified atom stereocenters. The monoisotopic (exact) mass is 800 g/mol. The van der Waals surface area contributed by atoms with Gasteiger partial charge in [0.05, 0.1) is 27.7 Å². The van der Waals surface area contributed by atoms with Gasteiger partial charge >= 0.3 is 11.9 Å². The predicted octanol–water partition coefficient (Wildman–Crippen LogP) is 12.1. The summed E-state index contributed by atoms with van der Waals surface area (Å²) < 4.78 is 33.9. The molecule has 0 bridgehead atoms. The van der Waals surface area contributed by atoms with Crippen molar-refractivity contribution < 1.29 is 42.1 Å². The second-order valence-electron chi connectivity index (χ2n) is 16.4. The van der Waals surface area contributed by atoms with Gasteiger partial charge in [-0.15, -0.1) is 0 Å². The molecule has 0 aliphatic rings. The Morgan fingerprint density at radius 3 is 1.47 bits per heavy atom. The molecule has 0 radical (unpaired) electrons. The lowest BCUT2D eigenvalue weighted by molar-refractivity contribution is -0.870. The van der Waals surface area contributed by atoms with Gasteiger partial charge in [-0.2, -0.15) is 0 Å². The smallest absolute Gasteiger partial charge is 0.306 e. The van der Waals surface area contributed by atoms with E-state index in [1.54, 1.807) is 0 Å². The number of phosphoric acid groups is 1. The van der Waals surface area contributed by atoms with Crippen LogP contribution in [0.5, 0.6) is 0 Å². The lowest BCUT2D eigenvalue weighted by Gasteiger charge is -2.28. The number of likely N-dealkylation sites (N-methyl/N-ethyl adjacent to an activating group) is 1. The van der Waals surface area contributed by atoms with E-state index in [1.165, 1.54) is 109 Å². The van der Waals surface area contributed by atoms with Gasteiger partial charge < -0.3 is 27.9 Å². The van der Waals surface area contributed by atoms with Gasteiger partial charge in [0.25, 0.3) is 7.82 Å². The predicted molar refractivity (Wildman–Crippen MR) is 227 cm³/mol. The van der Waals surface area contributed by atoms with Gasteiger partial charge in [0.2, 0.25) is 0 Å². The molecule has 324 valence electrons. The largest absolute Gasteiger partial charge is 0.756 e. The van der Waals surface area contributed by atoms with Crippen LogP contribution in [0, 0.1) is 0 Å². The van der Waals surface area contributed by atoms with E-state index in [0.29, 0.717) is 23.9 Å². The number of esters is 2. The van der Waals surface area contributed by atoms with Crippen molar-refractivity contribution in [1.82, 2.24) is 0 Å². The van der Waals surface area contributed by atoms with Crippen LogP contribution in [0.3, 0.4) is 0 Å². The lowest BCUT2D eigenvalue weighted by atomic mass is 10.0. The van der Waals surface area contributed by atoms with E-state index in [-0.39, 0.29) is 26.1 Å². The number of ether oxygens (including phenoxy) is 2. The molecule has 0 aromatic heterocycles. The summed E-state index contributed by atoms with van der Waals surface area (Å²) in [5.74, 6) is -0.843. The Morgan fingerprint density at radius 1 is 0.564 bits per heavy atom. The zero-order valence-corrected chi connectivity index (χ0v) is 37.3. The quantitative estimate of drug-likeness (QED) is 0.0198. The van der Waals surface area contributed by atoms with Crippen molar-refractivity contribution in [3.05, 3.63) is 24.3 Å². The summed E-state index contributed by atoms with van der Waals surface area (Å²) in [5.41, 5.74) is 0. The molecule has 10 heteroatoms. The molecule has 0 rings (SSSR count). The highest BCUT2D eigenvalue weighted by Crippen LogP contribution is 2.38. The van der Waals surface area contributed by atoms with E-state index >= 15 is 0 Å². The van der Waals surface area contributed by atoms with E-state index < -0.39 is 32.5 Å². The Morgan fingerprint density at radius 2 is 0.982 bits per heavy atom. The van der Waals surface area contributed by atoms with Gasteiger partial charge in [0.15, 0.2) is 6.10 Å². The highest BCUT2D eigenvalue weighted by atomic mass is 31.2. The first-order chi connectivity index (χ1) is 26.5. The Kier molecular flexibility index (Phi) is 37.0. The summed E-state index contributed by atoms with van der Waals surface area (Å²) in [6.07, 6.45) is 40.5. The van der Waals surface area contributed by atoms with Crippen molar-refractivity contribution in [2.45, 2.75) is 206 Å². The molecular weight excluding hydrogens is 713 g/mol. The molecule has 0 N–H and O–H groups in total. The number of hydrogen-bond acceptors (Lipinski definition) is 8. The molecule has 0 saturated heterocycles. The van der Waals surface area contributed by atoms with Crippen LogP contribution in [0.1, 0.15) is 200 Å². The van der Waals surface area contributed by atoms with Gasteiger partial charge in [0, 0.05) is 12.8 Å². The van der Waals surface area contributed by atoms with E-state index in [9.17, 15) is 19.0 Å². The van der Waals surface area contributed by atoms with Crippen LogP contribution >= 0.6 is 7.82 Å². The summed E-state index contributed by atoms with van der Waals surface area (Å²) in [7, 11) is 1.16. The third-order valence-electron chi connectivity index (χ3n) is 9.72. The van der Waals surface area contributed by atoms with Crippen molar-refractivity contribution in [3.63, 3.8) is 0 Å². The minimum atomic E-state index is -4.62. The Labute approximate surface area is 339 Å². The lowest BCUT2D eigenvalue weighted by Crippen LogP contribution is -2.37. The van der Waals surface area contributed by atoms with Gasteiger partial charge in [0.1, 0.15) is 19.8 Å². The topological polar surface area (TPSA) is 111 Å². The summed E-state index contributed by atoms with van der Waals surface area (Å²) >= 11 is 0. The number of phosphoric ester groups is 1. The second kappa shape index (κ2) is 38.0. The maximum Gasteiger partial charge on any atom is 0.306 e. The Hall–Kier alpha value is -1.51. The molecule has 0 spiro atoms. The third-order valence-corrected chi connectivity index (χ3v) is 10.7. The first-order valence-electron chi connectivity index (χ1n) is 22.5. The van der Waals surface area contributed by atoms with Gasteiger partial charge in [-0.3, -0.25) is 14.2 Å². The van der Waals surface area contributed by atoms with Gasteiger partial charge in [-0.25, -0.2) is 0 Å². The highest BCUT2D eigenvalue weighted by molar-refractivity contribution is 7.45. The number of nitrogens with zero attached hydrogens (tertiary/aromatic N) is 1. The number of allylic oxidation sites excluding steroid dienone is 4. The Bertz CT molecular complexity index is 996. The molecule has 9 nitrogen and oxygen atoms in total. The first-order valence-corrected chi connectivity index (χ1v) is 24.0. The van der Waals surface area contributed by atoms with Crippen LogP contribution in [0.25, 0.3) is 0 Å². The fraction of sp³-hybridized carbons (Fsp3) is 0.867. The molecule has 0 fully saturated rings. The molecule has 55 heavy (non-hydrogen) atoms. The molecule has 0 amide bonds. The van der Waals surface area contributed by atoms with Crippen molar-refractivity contribution in [2.24, 2.45) is 0 Å². The van der Waals surface area contributed by atoms with Gasteiger partial charge in [-0.05, 0) is 44.9 Å². The Balaban J connectivity index is 4.35. The number of rotatable bonds is 41. The van der Waals surface area contributed by atoms with E-state index in [0.717, 1.165) is 51.4 Å². The van der Waals surface area contributed by atoms with Crippen LogP contribution in [0.4, 0.5) is 0 Å². The average molecular weight is 800 g/mol. The molecule has 0 aliphatic carbocycles. The zero-order chi connectivity index (χ0) is 40.7. The van der Waals surface area contributed by atoms with Crippen molar-refractivity contribution in [3.8, 4) is 0 Å². The zero-order valence-electron chi connectivity index (χ0n) is 36.4. The molecule has 0 aromatic carbocycles. The fourth-order valence-electron chi connectivity index (χ4n) is 6.16. The first kappa shape index (κ1) is 53.5. The second-order valence-corrected chi connectivity index (χ2v) is 17.8. The van der Waals surface area contributed by atoms with E-state index in [2.05, 4.69) is 38.2 Å². The minimum Gasteiger partial charge on any atom is -0.756 e. The summed E-state index contributed by atoms with van der Waals surface area (Å²) in [4.78, 5) is 37.5. The summed E-state index contributed by atoms with van der Waals surface area (Å²) in [5, 5.41) is 0. The standard InChI is InChI=1S/C45H86NO8P/c1-6-8-10-12-14-16-18-20-22-24-26-28-30-32-34-36-38-45(48)54-43(42-53-55(49,50)52-40-39-46(3,4)5)41-51-44(47)37-35-33-31-29-27-25-23-21-19-17-15-13-11-9-7-2/h15,17,21,23,43H,6-14,16,18-20,22,24-42H2,1-5H3/b17-15+,23-21+/t43-/m1/s1. The maximum absolute atomic E-state index is 12.7. The number of unbranched alkanes of at least 4 members (excludes halogenated alkanes) is 23. The van der Waals surface area contributed by atoms with E-state index in [1.807, 2.05) is 21.1 Å². The highest BCUT2D eigenvalue weighted by Gasteiger charge is 2.21.